The molecule has 40 heavy (non-hydrogen) atoms. The van der Waals surface area contributed by atoms with Gasteiger partial charge in [-0.15, -0.1) is 0 Å². The maximum Gasteiger partial charge on any atom is 0.395 e. The van der Waals surface area contributed by atoms with Crippen LogP contribution in [0.15, 0.2) is 23.1 Å². The number of carbonyl (C=O) groups excluding carboxylic acids is 2. The number of nitrogens with zero attached hydrogens (tertiary/aromatic N) is 5. The fourth-order valence-electron chi connectivity index (χ4n) is 4.99. The highest BCUT2D eigenvalue weighted by atomic mass is 19.4. The molecule has 2 aliphatic carbocycles. The molecule has 2 aliphatic rings. The highest BCUT2D eigenvalue weighted by Gasteiger charge is 2.63. The van der Waals surface area contributed by atoms with Gasteiger partial charge in [0.25, 0.3) is 5.91 Å². The van der Waals surface area contributed by atoms with Gasteiger partial charge in [0.15, 0.2) is 17.6 Å². The van der Waals surface area contributed by atoms with E-state index in [2.05, 4.69) is 35.7 Å². The van der Waals surface area contributed by atoms with Gasteiger partial charge in [-0.2, -0.15) is 18.3 Å². The Morgan fingerprint density at radius 2 is 1.88 bits per heavy atom. The molecule has 2 saturated carbocycles. The van der Waals surface area contributed by atoms with Crippen LogP contribution in [-0.2, 0) is 4.79 Å². The number of aliphatic hydroxyl groups excluding tert-OH is 1. The molecule has 3 N–H and O–H groups in total. The minimum Gasteiger partial charge on any atom is -0.369 e. The number of imidazole rings is 1. The fourth-order valence-corrected chi connectivity index (χ4v) is 4.99. The number of alkyl halides is 5. The quantitative estimate of drug-likeness (QED) is 0.275. The Morgan fingerprint density at radius 1 is 1.18 bits per heavy atom. The zero-order chi connectivity index (χ0) is 28.9. The summed E-state index contributed by atoms with van der Waals surface area (Å²) >= 11 is 0. The van der Waals surface area contributed by atoms with E-state index in [1.54, 1.807) is 0 Å². The van der Waals surface area contributed by atoms with Gasteiger partial charge in [0.05, 0.1) is 29.5 Å². The molecule has 3 heterocycles. The summed E-state index contributed by atoms with van der Waals surface area (Å²) in [6.07, 6.45) is -5.01. The van der Waals surface area contributed by atoms with Gasteiger partial charge in [0, 0.05) is 24.8 Å². The molecule has 0 bridgehead atoms. The van der Waals surface area contributed by atoms with E-state index in [-0.39, 0.29) is 67.0 Å². The fraction of sp³-hybridized carbons (Fsp3) is 0.583. The summed E-state index contributed by atoms with van der Waals surface area (Å²) in [5, 5.41) is 26.7. The summed E-state index contributed by atoms with van der Waals surface area (Å²) in [6.45, 7) is 1.52. The van der Waals surface area contributed by atoms with Gasteiger partial charge in [-0.05, 0) is 49.7 Å². The third-order valence-corrected chi connectivity index (χ3v) is 7.63. The van der Waals surface area contributed by atoms with Gasteiger partial charge >= 0.3 is 6.18 Å². The number of aromatic nitrogens is 5. The van der Waals surface area contributed by atoms with Crippen LogP contribution in [-0.4, -0.2) is 53.9 Å². The number of amides is 2. The van der Waals surface area contributed by atoms with Crippen LogP contribution < -0.4 is 10.6 Å². The number of rotatable bonds is 8. The number of carbonyl (C=O) groups is 2. The molecule has 0 radical (unpaired) electrons. The molecule has 216 valence electrons. The summed E-state index contributed by atoms with van der Waals surface area (Å²) in [7, 11) is 0. The van der Waals surface area contributed by atoms with Crippen molar-refractivity contribution in [2.75, 3.05) is 0 Å². The molecule has 3 aromatic rings. The maximum absolute atomic E-state index is 13.9. The molecule has 11 nitrogen and oxygen atoms in total. The van der Waals surface area contributed by atoms with E-state index in [0.29, 0.717) is 5.69 Å². The van der Waals surface area contributed by atoms with Gasteiger partial charge in [-0.1, -0.05) is 5.16 Å². The summed E-state index contributed by atoms with van der Waals surface area (Å²) in [6, 6.07) is 0.573. The number of aryl methyl sites for hydroxylation is 1. The zero-order valence-electron chi connectivity index (χ0n) is 21.2. The zero-order valence-corrected chi connectivity index (χ0v) is 21.2. The topological polar surface area (TPSA) is 148 Å². The van der Waals surface area contributed by atoms with Crippen LogP contribution in [0.1, 0.15) is 84.7 Å². The van der Waals surface area contributed by atoms with E-state index in [9.17, 15) is 36.6 Å². The van der Waals surface area contributed by atoms with Crippen molar-refractivity contribution < 1.29 is 41.3 Å². The predicted octanol–water partition coefficient (Wildman–Crippen LogP) is 3.56. The van der Waals surface area contributed by atoms with E-state index < -0.39 is 48.0 Å². The largest absolute Gasteiger partial charge is 0.395 e. The van der Waals surface area contributed by atoms with E-state index in [1.165, 1.54) is 29.9 Å². The summed E-state index contributed by atoms with van der Waals surface area (Å²) < 4.78 is 73.1. The second-order valence-corrected chi connectivity index (χ2v) is 10.5. The van der Waals surface area contributed by atoms with Crippen molar-refractivity contribution in [2.45, 2.75) is 76.2 Å². The molecule has 2 fully saturated rings. The Bertz CT molecular complexity index is 1410. The van der Waals surface area contributed by atoms with Gasteiger partial charge in [-0.25, -0.2) is 22.9 Å². The molecule has 2 amide bonds. The van der Waals surface area contributed by atoms with Crippen LogP contribution in [0.25, 0.3) is 5.65 Å². The molecule has 5 rings (SSSR count). The minimum absolute atomic E-state index is 0.0623. The Kier molecular flexibility index (Phi) is 7.00. The Labute approximate surface area is 223 Å². The third kappa shape index (κ3) is 5.62. The van der Waals surface area contributed by atoms with E-state index in [4.69, 9.17) is 0 Å². The molecule has 2 atom stereocenters. The molecule has 0 unspecified atom stereocenters. The molecule has 0 spiro atoms. The van der Waals surface area contributed by atoms with Crippen LogP contribution in [0.4, 0.5) is 22.0 Å². The maximum atomic E-state index is 13.9. The number of fused-ring (bicyclic) bond motifs is 1. The van der Waals surface area contributed by atoms with Crippen LogP contribution >= 0.6 is 0 Å². The molecular weight excluding hydrogens is 545 g/mol. The number of hydrogen-bond acceptors (Lipinski definition) is 8. The van der Waals surface area contributed by atoms with Gasteiger partial charge in [-0.3, -0.25) is 9.59 Å². The van der Waals surface area contributed by atoms with E-state index >= 15 is 0 Å². The highest BCUT2D eigenvalue weighted by molar-refractivity contribution is 5.93. The van der Waals surface area contributed by atoms with Crippen molar-refractivity contribution in [1.82, 2.24) is 35.5 Å². The number of hydrogen-bond donors (Lipinski definition) is 3. The average molecular weight is 572 g/mol. The van der Waals surface area contributed by atoms with Crippen LogP contribution in [0, 0.1) is 18.3 Å². The Balaban J connectivity index is 1.35. The van der Waals surface area contributed by atoms with Crippen LogP contribution in [0.5, 0.6) is 0 Å². The Hall–Kier alpha value is -3.69. The second kappa shape index (κ2) is 10.1. The normalized spacial score (nSPS) is 20.2. The monoisotopic (exact) mass is 571 g/mol. The van der Waals surface area contributed by atoms with Crippen molar-refractivity contribution in [1.29, 1.82) is 0 Å². The molecule has 0 saturated heterocycles. The summed E-state index contributed by atoms with van der Waals surface area (Å²) in [5.41, 5.74) is -1.31. The van der Waals surface area contributed by atoms with Crippen LogP contribution in [0.2, 0.25) is 0 Å². The average Bonchev–Trinajstić information content (AvgIpc) is 3.35. The van der Waals surface area contributed by atoms with Crippen molar-refractivity contribution in [3.05, 3.63) is 41.1 Å². The molecule has 16 heteroatoms. The van der Waals surface area contributed by atoms with E-state index in [1.807, 2.05) is 0 Å². The molecule has 0 aromatic carbocycles. The smallest absolute Gasteiger partial charge is 0.369 e. The highest BCUT2D eigenvalue weighted by Crippen LogP contribution is 2.60. The lowest BCUT2D eigenvalue weighted by Gasteiger charge is -2.33. The third-order valence-electron chi connectivity index (χ3n) is 7.63. The van der Waals surface area contributed by atoms with Crippen molar-refractivity contribution in [3.8, 4) is 0 Å². The van der Waals surface area contributed by atoms with Crippen molar-refractivity contribution >= 4 is 17.5 Å². The molecular formula is C24H26F5N7O4. The Morgan fingerprint density at radius 3 is 2.48 bits per heavy atom. The van der Waals surface area contributed by atoms with Gasteiger partial charge < -0.3 is 15.7 Å². The van der Waals surface area contributed by atoms with Crippen molar-refractivity contribution in [3.63, 3.8) is 0 Å². The summed E-state index contributed by atoms with van der Waals surface area (Å²) in [4.78, 5) is 29.6. The first kappa shape index (κ1) is 27.9. The molecule has 0 aliphatic heterocycles. The lowest BCUT2D eigenvalue weighted by atomic mass is 9.81. The first-order chi connectivity index (χ1) is 18.8. The summed E-state index contributed by atoms with van der Waals surface area (Å²) in [5.74, 6) is -4.77. The lowest BCUT2D eigenvalue weighted by molar-refractivity contribution is -0.191. The lowest BCUT2D eigenvalue weighted by Crippen LogP contribution is -2.37. The number of nitrogens with one attached hydrogen (secondary N) is 2. The van der Waals surface area contributed by atoms with E-state index in [0.717, 1.165) is 0 Å². The SMILES string of the molecule is Cc1nonc1C(=O)N[C@H](c1cn2ncc([C@@H](O)NC(=O)CC3(C(F)(F)F)CC3)cc2n1)C1CCC(F)(F)CC1. The van der Waals surface area contributed by atoms with Gasteiger partial charge in [0.2, 0.25) is 11.8 Å². The minimum atomic E-state index is -4.51. The first-order valence-electron chi connectivity index (χ1n) is 12.6. The van der Waals surface area contributed by atoms with Gasteiger partial charge in [0.1, 0.15) is 5.69 Å². The second-order valence-electron chi connectivity index (χ2n) is 10.5. The van der Waals surface area contributed by atoms with Crippen LogP contribution in [0.3, 0.4) is 0 Å². The predicted molar refractivity (Wildman–Crippen MR) is 125 cm³/mol. The number of aliphatic hydroxyl groups is 1. The molecule has 3 aromatic heterocycles. The standard InChI is InChI=1S/C24H26F5N7O4/c1-12-18(35-40-34-12)21(39)33-19(13-2-4-23(25,26)5-3-13)15-11-36-16(31-15)8-14(10-30-36)20(38)32-17(37)9-22(6-7-22)24(27,28)29/h8,10-11,13,19-20,38H,2-7,9H2,1H3,(H,32,37)(H,33,39)/t19-,20+/m0/s1. The first-order valence-corrected chi connectivity index (χ1v) is 12.6. The number of halogens is 5. The van der Waals surface area contributed by atoms with Crippen molar-refractivity contribution in [2.24, 2.45) is 11.3 Å².